The van der Waals surface area contributed by atoms with Crippen molar-refractivity contribution in [3.8, 4) is 22.8 Å². The van der Waals surface area contributed by atoms with Crippen LogP contribution in [0.5, 0.6) is 11.6 Å². The van der Waals surface area contributed by atoms with Gasteiger partial charge < -0.3 is 14.0 Å². The van der Waals surface area contributed by atoms with Gasteiger partial charge in [0.25, 0.3) is 5.88 Å². The fourth-order valence-electron chi connectivity index (χ4n) is 2.83. The topological polar surface area (TPSA) is 74.7 Å². The molecule has 0 unspecified atom stereocenters. The Bertz CT molecular complexity index is 1180. The summed E-state index contributed by atoms with van der Waals surface area (Å²) in [6.07, 6.45) is 0.256. The van der Waals surface area contributed by atoms with Crippen molar-refractivity contribution < 1.29 is 27.2 Å². The van der Waals surface area contributed by atoms with Gasteiger partial charge in [0.2, 0.25) is 0 Å². The largest absolute Gasteiger partial charge is 0.573 e. The van der Waals surface area contributed by atoms with E-state index in [4.69, 9.17) is 9.26 Å². The lowest BCUT2D eigenvalue weighted by Gasteiger charge is -2.09. The number of halogens is 3. The van der Waals surface area contributed by atoms with Crippen molar-refractivity contribution in [2.75, 3.05) is 7.05 Å². The van der Waals surface area contributed by atoms with Gasteiger partial charge in [-0.05, 0) is 40.5 Å². The second-order valence-electron chi connectivity index (χ2n) is 6.26. The smallest absolute Gasteiger partial charge is 0.470 e. The normalized spacial score (nSPS) is 12.0. The van der Waals surface area contributed by atoms with Gasteiger partial charge in [-0.25, -0.2) is 4.68 Å². The number of aromatic nitrogens is 3. The fraction of sp³-hybridized carbons (Fsp3) is 0.150. The van der Waals surface area contributed by atoms with E-state index >= 15 is 0 Å². The number of benzene rings is 2. The minimum atomic E-state index is -4.73. The molecule has 0 saturated heterocycles. The molecule has 7 nitrogen and oxygen atoms in total. The van der Waals surface area contributed by atoms with Crippen LogP contribution in [0, 0.1) is 0 Å². The minimum absolute atomic E-state index is 0.229. The molecule has 0 spiro atoms. The first kappa shape index (κ1) is 19.5. The summed E-state index contributed by atoms with van der Waals surface area (Å²) < 4.78 is 53.5. The number of nitrogens with zero attached hydrogens (tertiary/aromatic N) is 4. The van der Waals surface area contributed by atoms with Crippen LogP contribution in [0.3, 0.4) is 0 Å². The first-order valence-corrected chi connectivity index (χ1v) is 8.75. The highest BCUT2D eigenvalue weighted by atomic mass is 19.4. The van der Waals surface area contributed by atoms with Gasteiger partial charge in [0.15, 0.2) is 5.58 Å². The molecule has 4 aromatic rings. The number of aliphatic imine (C=N–C) groups is 1. The van der Waals surface area contributed by atoms with Crippen LogP contribution in [0.15, 0.2) is 64.4 Å². The van der Waals surface area contributed by atoms with Crippen molar-refractivity contribution in [1.82, 2.24) is 14.9 Å². The molecule has 0 aliphatic carbocycles. The van der Waals surface area contributed by atoms with Crippen molar-refractivity contribution in [1.29, 1.82) is 0 Å². The van der Waals surface area contributed by atoms with Crippen LogP contribution in [0.2, 0.25) is 0 Å². The monoisotopic (exact) mass is 416 g/mol. The number of hydrogen-bond acceptors (Lipinski definition) is 6. The molecule has 0 atom stereocenters. The SMILES string of the molecule is CN=Cn1cc(COc2noc3ccc(-c4ccc(OC(F)(F)F)cc4)cc23)cn1. The van der Waals surface area contributed by atoms with Crippen molar-refractivity contribution >= 4 is 17.3 Å². The third-order valence-corrected chi connectivity index (χ3v) is 4.12. The van der Waals surface area contributed by atoms with Gasteiger partial charge in [-0.1, -0.05) is 18.2 Å². The highest BCUT2D eigenvalue weighted by Gasteiger charge is 2.31. The zero-order valence-corrected chi connectivity index (χ0v) is 15.6. The highest BCUT2D eigenvalue weighted by molar-refractivity contribution is 5.87. The number of hydrogen-bond donors (Lipinski definition) is 0. The second kappa shape index (κ2) is 7.90. The minimum Gasteiger partial charge on any atom is -0.470 e. The van der Waals surface area contributed by atoms with Crippen LogP contribution in [0.1, 0.15) is 5.56 Å². The molecule has 30 heavy (non-hydrogen) atoms. The Kier molecular flexibility index (Phi) is 5.13. The van der Waals surface area contributed by atoms with Gasteiger partial charge in [-0.15, -0.1) is 13.2 Å². The van der Waals surface area contributed by atoms with Crippen LogP contribution in [0.25, 0.3) is 22.1 Å². The zero-order valence-electron chi connectivity index (χ0n) is 15.6. The average Bonchev–Trinajstić information content (AvgIpc) is 3.32. The molecule has 154 valence electrons. The molecule has 2 aromatic heterocycles. The molecule has 4 rings (SSSR count). The van der Waals surface area contributed by atoms with Crippen molar-refractivity contribution in [3.05, 3.63) is 60.4 Å². The van der Waals surface area contributed by atoms with Crippen LogP contribution < -0.4 is 9.47 Å². The Morgan fingerprint density at radius 2 is 1.90 bits per heavy atom. The van der Waals surface area contributed by atoms with Crippen LogP contribution in [0.4, 0.5) is 13.2 Å². The Labute approximate surface area is 168 Å². The summed E-state index contributed by atoms with van der Waals surface area (Å²) in [6, 6.07) is 10.9. The highest BCUT2D eigenvalue weighted by Crippen LogP contribution is 2.32. The van der Waals surface area contributed by atoms with Crippen molar-refractivity contribution in [2.45, 2.75) is 13.0 Å². The molecule has 0 saturated carbocycles. The first-order chi connectivity index (χ1) is 14.4. The van der Waals surface area contributed by atoms with Gasteiger partial charge in [-0.2, -0.15) is 5.10 Å². The van der Waals surface area contributed by atoms with Crippen molar-refractivity contribution in [2.24, 2.45) is 4.99 Å². The Morgan fingerprint density at radius 3 is 2.63 bits per heavy atom. The van der Waals surface area contributed by atoms with Gasteiger partial charge in [-0.3, -0.25) is 4.99 Å². The lowest BCUT2D eigenvalue weighted by molar-refractivity contribution is -0.274. The molecule has 0 radical (unpaired) electrons. The van der Waals surface area contributed by atoms with Crippen LogP contribution in [-0.2, 0) is 6.61 Å². The summed E-state index contributed by atoms with van der Waals surface area (Å²) in [5.74, 6) is 0.0239. The summed E-state index contributed by atoms with van der Waals surface area (Å²) in [5.41, 5.74) is 2.82. The van der Waals surface area contributed by atoms with Gasteiger partial charge >= 0.3 is 6.36 Å². The summed E-state index contributed by atoms with van der Waals surface area (Å²) in [7, 11) is 1.65. The van der Waals surface area contributed by atoms with Crippen molar-refractivity contribution in [3.63, 3.8) is 0 Å². The number of fused-ring (bicyclic) bond motifs is 1. The fourth-order valence-corrected chi connectivity index (χ4v) is 2.83. The van der Waals surface area contributed by atoms with E-state index in [-0.39, 0.29) is 12.4 Å². The average molecular weight is 416 g/mol. The maximum Gasteiger partial charge on any atom is 0.573 e. The molecule has 0 bridgehead atoms. The van der Waals surface area contributed by atoms with E-state index in [1.165, 1.54) is 12.1 Å². The van der Waals surface area contributed by atoms with Crippen LogP contribution >= 0.6 is 0 Å². The number of rotatable bonds is 6. The van der Waals surface area contributed by atoms with Crippen LogP contribution in [-0.4, -0.2) is 34.7 Å². The molecule has 2 heterocycles. The molecule has 0 aliphatic heterocycles. The summed E-state index contributed by atoms with van der Waals surface area (Å²) in [6.45, 7) is 0.229. The lowest BCUT2D eigenvalue weighted by Crippen LogP contribution is -2.16. The molecule has 0 N–H and O–H groups in total. The number of alkyl halides is 3. The molecular weight excluding hydrogens is 401 g/mol. The van der Waals surface area contributed by atoms with E-state index in [2.05, 4.69) is 20.0 Å². The summed E-state index contributed by atoms with van der Waals surface area (Å²) in [4.78, 5) is 3.88. The molecule has 0 fully saturated rings. The quantitative estimate of drug-likeness (QED) is 0.337. The van der Waals surface area contributed by atoms with E-state index in [1.807, 2.05) is 0 Å². The molecule has 10 heteroatoms. The van der Waals surface area contributed by atoms with Gasteiger partial charge in [0.05, 0.1) is 11.6 Å². The number of ether oxygens (including phenoxy) is 2. The summed E-state index contributed by atoms with van der Waals surface area (Å²) >= 11 is 0. The molecule has 0 amide bonds. The zero-order chi connectivity index (χ0) is 21.1. The van der Waals surface area contributed by atoms with E-state index in [0.29, 0.717) is 22.4 Å². The molecular formula is C20H15F3N4O3. The third kappa shape index (κ3) is 4.43. The predicted octanol–water partition coefficient (Wildman–Crippen LogP) is 4.68. The van der Waals surface area contributed by atoms with E-state index in [0.717, 1.165) is 11.1 Å². The van der Waals surface area contributed by atoms with Gasteiger partial charge in [0, 0.05) is 18.8 Å². The third-order valence-electron chi connectivity index (χ3n) is 4.12. The predicted molar refractivity (Wildman–Crippen MR) is 103 cm³/mol. The second-order valence-corrected chi connectivity index (χ2v) is 6.26. The Hall–Kier alpha value is -3.82. The molecule has 2 aromatic carbocycles. The summed E-state index contributed by atoms with van der Waals surface area (Å²) in [5, 5.41) is 8.71. The standard InChI is InChI=1S/C20H15F3N4O3/c1-24-12-27-10-13(9-25-27)11-28-19-17-8-15(4-7-18(17)30-26-19)14-2-5-16(6-3-14)29-20(21,22)23/h2-10,12H,11H2,1H3. The van der Waals surface area contributed by atoms with Gasteiger partial charge in [0.1, 0.15) is 18.7 Å². The Morgan fingerprint density at radius 1 is 1.13 bits per heavy atom. The first-order valence-electron chi connectivity index (χ1n) is 8.75. The molecule has 0 aliphatic rings. The van der Waals surface area contributed by atoms with E-state index < -0.39 is 6.36 Å². The Balaban J connectivity index is 1.53. The van der Waals surface area contributed by atoms with E-state index in [1.54, 1.807) is 60.8 Å². The maximum absolute atomic E-state index is 12.3. The lowest BCUT2D eigenvalue weighted by atomic mass is 10.0. The maximum atomic E-state index is 12.3. The van der Waals surface area contributed by atoms with E-state index in [9.17, 15) is 13.2 Å².